The molecule has 0 aliphatic heterocycles. The first-order chi connectivity index (χ1) is 9.60. The van der Waals surface area contributed by atoms with Crippen LogP contribution in [0.3, 0.4) is 0 Å². The van der Waals surface area contributed by atoms with E-state index >= 15 is 0 Å². The number of nitrogens with two attached hydrogens (primary N) is 1. The highest BCUT2D eigenvalue weighted by Gasteiger charge is 2.12. The van der Waals surface area contributed by atoms with Crippen molar-refractivity contribution in [2.75, 3.05) is 22.6 Å². The van der Waals surface area contributed by atoms with Crippen molar-refractivity contribution in [2.45, 2.75) is 38.1 Å². The van der Waals surface area contributed by atoms with Gasteiger partial charge in [-0.3, -0.25) is 0 Å². The van der Waals surface area contributed by atoms with Crippen LogP contribution in [0.2, 0.25) is 0 Å². The molecular weight excluding hydrogens is 304 g/mol. The fraction of sp³-hybridized carbons (Fsp3) is 0.533. The van der Waals surface area contributed by atoms with Crippen molar-refractivity contribution < 1.29 is 0 Å². The number of rotatable bonds is 9. The van der Waals surface area contributed by atoms with Crippen LogP contribution < -0.4 is 11.1 Å². The van der Waals surface area contributed by atoms with Gasteiger partial charge in [-0.2, -0.15) is 11.8 Å². The Kier molecular flexibility index (Phi) is 8.41. The zero-order valence-corrected chi connectivity index (χ0v) is 14.9. The number of thiocarbonyl (C=S) groups is 1. The quantitative estimate of drug-likeness (QED) is 0.400. The van der Waals surface area contributed by atoms with Gasteiger partial charge in [-0.1, -0.05) is 32.1 Å². The second-order valence-corrected chi connectivity index (χ2v) is 7.65. The molecule has 0 bridgehead atoms. The topological polar surface area (TPSA) is 38.0 Å². The Hall–Kier alpha value is -0.390. The summed E-state index contributed by atoms with van der Waals surface area (Å²) in [5, 5.41) is 3.56. The fourth-order valence-corrected chi connectivity index (χ4v) is 3.87. The van der Waals surface area contributed by atoms with Crippen LogP contribution in [0.25, 0.3) is 0 Å². The molecule has 0 amide bonds. The molecule has 0 saturated carbocycles. The van der Waals surface area contributed by atoms with Gasteiger partial charge in [-0.25, -0.2) is 0 Å². The van der Waals surface area contributed by atoms with Gasteiger partial charge in [-0.15, -0.1) is 11.8 Å². The van der Waals surface area contributed by atoms with Crippen molar-refractivity contribution in [3.05, 3.63) is 23.8 Å². The van der Waals surface area contributed by atoms with Crippen molar-refractivity contribution in [2.24, 2.45) is 5.73 Å². The molecule has 0 radical (unpaired) electrons. The second-order valence-electron chi connectivity index (χ2n) is 4.51. The molecule has 3 N–H and O–H groups in total. The maximum atomic E-state index is 5.92. The molecule has 1 atom stereocenters. The number of hydrogen-bond donors (Lipinski definition) is 2. The van der Waals surface area contributed by atoms with Crippen molar-refractivity contribution in [1.29, 1.82) is 0 Å². The van der Waals surface area contributed by atoms with E-state index in [2.05, 4.69) is 44.3 Å². The maximum Gasteiger partial charge on any atom is 0.107 e. The predicted octanol–water partition coefficient (Wildman–Crippen LogP) is 4.38. The van der Waals surface area contributed by atoms with Crippen LogP contribution in [0.1, 0.15) is 32.8 Å². The minimum Gasteiger partial charge on any atom is -0.389 e. The lowest BCUT2D eigenvalue weighted by Crippen LogP contribution is -2.20. The zero-order valence-electron chi connectivity index (χ0n) is 12.4. The third-order valence-electron chi connectivity index (χ3n) is 2.87. The normalized spacial score (nSPS) is 12.2. The van der Waals surface area contributed by atoms with Crippen molar-refractivity contribution in [3.8, 4) is 0 Å². The lowest BCUT2D eigenvalue weighted by atomic mass is 10.1. The number of anilines is 1. The van der Waals surface area contributed by atoms with Crippen LogP contribution in [0.4, 0.5) is 5.69 Å². The summed E-state index contributed by atoms with van der Waals surface area (Å²) < 4.78 is 0. The summed E-state index contributed by atoms with van der Waals surface area (Å²) in [5.41, 5.74) is 7.97. The molecule has 112 valence electrons. The lowest BCUT2D eigenvalue weighted by Gasteiger charge is -2.19. The van der Waals surface area contributed by atoms with Crippen molar-refractivity contribution in [1.82, 2.24) is 0 Å². The van der Waals surface area contributed by atoms with Gasteiger partial charge in [0.2, 0.25) is 0 Å². The van der Waals surface area contributed by atoms with E-state index in [4.69, 9.17) is 18.0 Å². The molecule has 0 aliphatic rings. The Morgan fingerprint density at radius 3 is 2.70 bits per heavy atom. The first-order valence-corrected chi connectivity index (χ1v) is 9.54. The van der Waals surface area contributed by atoms with E-state index in [0.717, 1.165) is 23.4 Å². The molecule has 0 aliphatic carbocycles. The van der Waals surface area contributed by atoms with Gasteiger partial charge in [0.25, 0.3) is 0 Å². The van der Waals surface area contributed by atoms with Crippen LogP contribution in [-0.4, -0.2) is 28.3 Å². The summed E-state index contributed by atoms with van der Waals surface area (Å²) in [7, 11) is 0. The van der Waals surface area contributed by atoms with Crippen LogP contribution >= 0.6 is 35.7 Å². The zero-order chi connectivity index (χ0) is 15.0. The summed E-state index contributed by atoms with van der Waals surface area (Å²) in [6.45, 7) is 6.54. The molecule has 1 aromatic carbocycles. The molecule has 0 fully saturated rings. The van der Waals surface area contributed by atoms with E-state index in [0.29, 0.717) is 11.0 Å². The summed E-state index contributed by atoms with van der Waals surface area (Å²) in [5.74, 6) is 3.37. The van der Waals surface area contributed by atoms with Gasteiger partial charge in [-0.05, 0) is 42.7 Å². The van der Waals surface area contributed by atoms with Crippen LogP contribution in [0.5, 0.6) is 0 Å². The Morgan fingerprint density at radius 1 is 1.35 bits per heavy atom. The lowest BCUT2D eigenvalue weighted by molar-refractivity contribution is 0.771. The average molecular weight is 329 g/mol. The number of benzene rings is 1. The largest absolute Gasteiger partial charge is 0.389 e. The highest BCUT2D eigenvalue weighted by atomic mass is 32.2. The average Bonchev–Trinajstić information content (AvgIpc) is 2.39. The summed E-state index contributed by atoms with van der Waals surface area (Å²) in [4.78, 5) is 1.64. The minimum absolute atomic E-state index is 0.420. The molecule has 5 heteroatoms. The minimum atomic E-state index is 0.420. The SMILES string of the molecule is CCSCCC(C)Nc1cccc(SCC)c1C(N)=S. The summed E-state index contributed by atoms with van der Waals surface area (Å²) in [6.07, 6.45) is 1.14. The molecule has 20 heavy (non-hydrogen) atoms. The van der Waals surface area contributed by atoms with E-state index in [1.807, 2.05) is 11.8 Å². The maximum absolute atomic E-state index is 5.92. The highest BCUT2D eigenvalue weighted by Crippen LogP contribution is 2.29. The first-order valence-electron chi connectivity index (χ1n) is 7.00. The number of hydrogen-bond acceptors (Lipinski definition) is 4. The van der Waals surface area contributed by atoms with Crippen LogP contribution in [0, 0.1) is 0 Å². The second kappa shape index (κ2) is 9.53. The fourth-order valence-electron chi connectivity index (χ4n) is 1.92. The van der Waals surface area contributed by atoms with E-state index < -0.39 is 0 Å². The highest BCUT2D eigenvalue weighted by molar-refractivity contribution is 7.99. The van der Waals surface area contributed by atoms with Crippen LogP contribution in [0.15, 0.2) is 23.1 Å². The van der Waals surface area contributed by atoms with Gasteiger partial charge < -0.3 is 11.1 Å². The molecule has 0 aromatic heterocycles. The Bertz CT molecular complexity index is 435. The van der Waals surface area contributed by atoms with E-state index in [9.17, 15) is 0 Å². The number of nitrogens with one attached hydrogen (secondary N) is 1. The van der Waals surface area contributed by atoms with E-state index in [-0.39, 0.29) is 0 Å². The third kappa shape index (κ3) is 5.54. The monoisotopic (exact) mass is 328 g/mol. The Morgan fingerprint density at radius 2 is 2.10 bits per heavy atom. The predicted molar refractivity (Wildman–Crippen MR) is 99.4 cm³/mol. The van der Waals surface area contributed by atoms with Gasteiger partial charge in [0.15, 0.2) is 0 Å². The van der Waals surface area contributed by atoms with Gasteiger partial charge >= 0.3 is 0 Å². The van der Waals surface area contributed by atoms with E-state index in [1.54, 1.807) is 11.8 Å². The van der Waals surface area contributed by atoms with E-state index in [1.165, 1.54) is 16.4 Å². The molecule has 2 nitrogen and oxygen atoms in total. The molecule has 0 spiro atoms. The molecule has 0 saturated heterocycles. The van der Waals surface area contributed by atoms with Crippen molar-refractivity contribution in [3.63, 3.8) is 0 Å². The standard InChI is InChI=1S/C15H24N2S3/c1-4-19-10-9-11(3)17-12-7-6-8-13(20-5-2)14(12)15(16)18/h6-8,11,17H,4-5,9-10H2,1-3H3,(H2,16,18). The molecule has 1 rings (SSSR count). The molecular formula is C15H24N2S3. The molecule has 1 aromatic rings. The molecule has 1 unspecified atom stereocenters. The van der Waals surface area contributed by atoms with Gasteiger partial charge in [0.1, 0.15) is 4.99 Å². The summed E-state index contributed by atoms with van der Waals surface area (Å²) in [6, 6.07) is 6.64. The summed E-state index contributed by atoms with van der Waals surface area (Å²) >= 11 is 8.99. The van der Waals surface area contributed by atoms with Gasteiger partial charge in [0, 0.05) is 22.2 Å². The van der Waals surface area contributed by atoms with Gasteiger partial charge in [0.05, 0.1) is 0 Å². The van der Waals surface area contributed by atoms with Crippen molar-refractivity contribution >= 4 is 46.4 Å². The van der Waals surface area contributed by atoms with Crippen LogP contribution in [-0.2, 0) is 0 Å². The first kappa shape index (κ1) is 17.7. The smallest absolute Gasteiger partial charge is 0.107 e. The molecule has 0 heterocycles. The third-order valence-corrected chi connectivity index (χ3v) is 4.95. The Labute approximate surface area is 136 Å². The number of thioether (sulfide) groups is 2. The Balaban J connectivity index is 2.83.